The quantitative estimate of drug-likeness (QED) is 0.561. The first-order valence-electron chi connectivity index (χ1n) is 4.90. The molecule has 78 valence electrons. The van der Waals surface area contributed by atoms with Crippen molar-refractivity contribution >= 4 is 27.7 Å². The third-order valence-electron chi connectivity index (χ3n) is 2.20. The Hall–Kier alpha value is -0.640. The number of imide groups is 1. The van der Waals surface area contributed by atoms with Gasteiger partial charge in [0.1, 0.15) is 0 Å². The average molecular weight is 260 g/mol. The number of unbranched alkanes of at least 4 members (excludes halogenated alkanes) is 3. The van der Waals surface area contributed by atoms with Gasteiger partial charge >= 0.3 is 0 Å². The van der Waals surface area contributed by atoms with Crippen LogP contribution in [0.15, 0.2) is 10.6 Å². The van der Waals surface area contributed by atoms with Gasteiger partial charge in [0.25, 0.3) is 11.8 Å². The summed E-state index contributed by atoms with van der Waals surface area (Å²) in [6, 6.07) is 0. The summed E-state index contributed by atoms with van der Waals surface area (Å²) in [5.74, 6) is -0.398. The van der Waals surface area contributed by atoms with E-state index in [1.165, 1.54) is 11.0 Å². The van der Waals surface area contributed by atoms with E-state index in [9.17, 15) is 9.59 Å². The summed E-state index contributed by atoms with van der Waals surface area (Å²) in [5, 5.41) is 0. The predicted molar refractivity (Wildman–Crippen MR) is 57.9 cm³/mol. The summed E-state index contributed by atoms with van der Waals surface area (Å²) in [6.07, 6.45) is 5.63. The van der Waals surface area contributed by atoms with E-state index in [0.29, 0.717) is 11.0 Å². The van der Waals surface area contributed by atoms with Crippen molar-refractivity contribution < 1.29 is 9.59 Å². The number of hydrogen-bond donors (Lipinski definition) is 0. The molecule has 0 radical (unpaired) electrons. The highest BCUT2D eigenvalue weighted by Crippen LogP contribution is 2.18. The van der Waals surface area contributed by atoms with Crippen LogP contribution >= 0.6 is 15.9 Å². The fourth-order valence-electron chi connectivity index (χ4n) is 1.39. The van der Waals surface area contributed by atoms with Gasteiger partial charge < -0.3 is 0 Å². The average Bonchev–Trinajstić information content (AvgIpc) is 2.38. The maximum atomic E-state index is 11.4. The molecule has 0 saturated carbocycles. The maximum Gasteiger partial charge on any atom is 0.267 e. The zero-order chi connectivity index (χ0) is 10.6. The SMILES string of the molecule is CCCCCCN1C(=O)C=C(Br)C1=O. The molecule has 0 aromatic heterocycles. The number of nitrogens with zero attached hydrogens (tertiary/aromatic N) is 1. The lowest BCUT2D eigenvalue weighted by Crippen LogP contribution is -2.31. The van der Waals surface area contributed by atoms with E-state index < -0.39 is 0 Å². The van der Waals surface area contributed by atoms with Crippen LogP contribution in [0.2, 0.25) is 0 Å². The van der Waals surface area contributed by atoms with Crippen molar-refractivity contribution in [2.45, 2.75) is 32.6 Å². The van der Waals surface area contributed by atoms with E-state index in [-0.39, 0.29) is 11.8 Å². The summed E-state index contributed by atoms with van der Waals surface area (Å²) in [4.78, 5) is 23.9. The largest absolute Gasteiger partial charge is 0.274 e. The monoisotopic (exact) mass is 259 g/mol. The molecule has 0 bridgehead atoms. The van der Waals surface area contributed by atoms with Gasteiger partial charge in [0.05, 0.1) is 4.48 Å². The van der Waals surface area contributed by atoms with Gasteiger partial charge in [-0.25, -0.2) is 0 Å². The van der Waals surface area contributed by atoms with Crippen molar-refractivity contribution in [2.24, 2.45) is 0 Å². The van der Waals surface area contributed by atoms with Crippen LogP contribution in [0.3, 0.4) is 0 Å². The Kier molecular flexibility index (Phi) is 4.32. The van der Waals surface area contributed by atoms with E-state index >= 15 is 0 Å². The number of carbonyl (C=O) groups excluding carboxylic acids is 2. The Morgan fingerprint density at radius 1 is 1.29 bits per heavy atom. The molecule has 0 unspecified atom stereocenters. The smallest absolute Gasteiger partial charge is 0.267 e. The number of amides is 2. The lowest BCUT2D eigenvalue weighted by atomic mass is 10.2. The predicted octanol–water partition coefficient (Wildman–Crippen LogP) is 2.21. The number of hydrogen-bond acceptors (Lipinski definition) is 2. The van der Waals surface area contributed by atoms with Gasteiger partial charge in [-0.3, -0.25) is 14.5 Å². The second-order valence-corrected chi connectivity index (χ2v) is 4.20. The third-order valence-corrected chi connectivity index (χ3v) is 2.77. The van der Waals surface area contributed by atoms with Crippen LogP contribution in [0.5, 0.6) is 0 Å². The number of halogens is 1. The minimum absolute atomic E-state index is 0.196. The van der Waals surface area contributed by atoms with Crippen LogP contribution in [-0.2, 0) is 9.59 Å². The van der Waals surface area contributed by atoms with Crippen LogP contribution in [0.25, 0.3) is 0 Å². The fourth-order valence-corrected chi connectivity index (χ4v) is 1.80. The molecular formula is C10H14BrNO2. The van der Waals surface area contributed by atoms with E-state index in [1.807, 2.05) is 0 Å². The molecule has 0 atom stereocenters. The molecule has 1 rings (SSSR count). The number of rotatable bonds is 5. The molecule has 0 aromatic rings. The normalized spacial score (nSPS) is 16.4. The van der Waals surface area contributed by atoms with E-state index in [2.05, 4.69) is 22.9 Å². The molecule has 0 saturated heterocycles. The lowest BCUT2D eigenvalue weighted by molar-refractivity contribution is -0.136. The molecule has 1 heterocycles. The summed E-state index contributed by atoms with van der Waals surface area (Å²) < 4.78 is 0.373. The zero-order valence-electron chi connectivity index (χ0n) is 8.25. The third kappa shape index (κ3) is 2.67. The molecule has 1 aliphatic heterocycles. The summed E-state index contributed by atoms with van der Waals surface area (Å²) in [7, 11) is 0. The van der Waals surface area contributed by atoms with Crippen molar-refractivity contribution in [3.8, 4) is 0 Å². The lowest BCUT2D eigenvalue weighted by Gasteiger charge is -2.13. The first-order valence-corrected chi connectivity index (χ1v) is 5.69. The topological polar surface area (TPSA) is 37.4 Å². The Morgan fingerprint density at radius 2 is 2.00 bits per heavy atom. The van der Waals surface area contributed by atoms with Gasteiger partial charge in [0.2, 0.25) is 0 Å². The molecule has 0 fully saturated rings. The first kappa shape index (κ1) is 11.4. The van der Waals surface area contributed by atoms with Crippen molar-refractivity contribution in [3.05, 3.63) is 10.6 Å². The molecule has 0 aromatic carbocycles. The van der Waals surface area contributed by atoms with Crippen LogP contribution in [0, 0.1) is 0 Å². The van der Waals surface area contributed by atoms with Crippen LogP contribution in [0.4, 0.5) is 0 Å². The Labute approximate surface area is 92.3 Å². The minimum atomic E-state index is -0.202. The van der Waals surface area contributed by atoms with Gasteiger partial charge in [-0.1, -0.05) is 26.2 Å². The number of carbonyl (C=O) groups is 2. The standard InChI is InChI=1S/C10H14BrNO2/c1-2-3-4-5-6-12-9(13)7-8(11)10(12)14/h7H,2-6H2,1H3. The highest BCUT2D eigenvalue weighted by molar-refractivity contribution is 9.12. The van der Waals surface area contributed by atoms with Crippen molar-refractivity contribution in [1.29, 1.82) is 0 Å². The fraction of sp³-hybridized carbons (Fsp3) is 0.600. The van der Waals surface area contributed by atoms with Crippen LogP contribution < -0.4 is 0 Å². The van der Waals surface area contributed by atoms with Crippen molar-refractivity contribution in [3.63, 3.8) is 0 Å². The van der Waals surface area contributed by atoms with Crippen LogP contribution in [-0.4, -0.2) is 23.3 Å². The molecule has 2 amide bonds. The van der Waals surface area contributed by atoms with Crippen molar-refractivity contribution in [2.75, 3.05) is 6.54 Å². The Morgan fingerprint density at radius 3 is 2.50 bits per heavy atom. The van der Waals surface area contributed by atoms with Gasteiger partial charge in [0.15, 0.2) is 0 Å². The van der Waals surface area contributed by atoms with Gasteiger partial charge in [-0.05, 0) is 22.4 Å². The van der Waals surface area contributed by atoms with E-state index in [1.54, 1.807) is 0 Å². The molecule has 0 spiro atoms. The molecule has 4 heteroatoms. The zero-order valence-corrected chi connectivity index (χ0v) is 9.84. The van der Waals surface area contributed by atoms with Gasteiger partial charge in [-0.15, -0.1) is 0 Å². The van der Waals surface area contributed by atoms with Crippen molar-refractivity contribution in [1.82, 2.24) is 4.90 Å². The molecule has 0 aliphatic carbocycles. The summed E-state index contributed by atoms with van der Waals surface area (Å²) in [6.45, 7) is 2.67. The molecular weight excluding hydrogens is 246 g/mol. The summed E-state index contributed by atoms with van der Waals surface area (Å²) in [5.41, 5.74) is 0. The van der Waals surface area contributed by atoms with Gasteiger partial charge in [0, 0.05) is 12.6 Å². The maximum absolute atomic E-state index is 11.4. The molecule has 3 nitrogen and oxygen atoms in total. The van der Waals surface area contributed by atoms with Crippen LogP contribution in [0.1, 0.15) is 32.6 Å². The Bertz CT molecular complexity index is 273. The first-order chi connectivity index (χ1) is 6.66. The van der Waals surface area contributed by atoms with E-state index in [0.717, 1.165) is 25.7 Å². The molecule has 14 heavy (non-hydrogen) atoms. The second-order valence-electron chi connectivity index (χ2n) is 3.35. The Balaban J connectivity index is 2.33. The highest BCUT2D eigenvalue weighted by atomic mass is 79.9. The molecule has 0 N–H and O–H groups in total. The highest BCUT2D eigenvalue weighted by Gasteiger charge is 2.28. The summed E-state index contributed by atoms with van der Waals surface area (Å²) >= 11 is 3.06. The molecule has 1 aliphatic rings. The van der Waals surface area contributed by atoms with Gasteiger partial charge in [-0.2, -0.15) is 0 Å². The minimum Gasteiger partial charge on any atom is -0.274 e. The van der Waals surface area contributed by atoms with E-state index in [4.69, 9.17) is 0 Å². The second kappa shape index (κ2) is 5.29.